The van der Waals surface area contributed by atoms with E-state index in [1.165, 1.54) is 6.33 Å². The third kappa shape index (κ3) is 5.03. The maximum absolute atomic E-state index is 10.3. The summed E-state index contributed by atoms with van der Waals surface area (Å²) >= 11 is 6.26. The summed E-state index contributed by atoms with van der Waals surface area (Å²) < 4.78 is 11.4. The van der Waals surface area contributed by atoms with Crippen LogP contribution in [0, 0.1) is 0 Å². The number of ether oxygens (including phenoxy) is 2. The van der Waals surface area contributed by atoms with Crippen LogP contribution in [0.3, 0.4) is 0 Å². The Morgan fingerprint density at radius 2 is 2.12 bits per heavy atom. The second-order valence-electron chi connectivity index (χ2n) is 7.71. The number of nitrogens with one attached hydrogen (secondary N) is 2. The third-order valence-electron chi connectivity index (χ3n) is 5.23. The Morgan fingerprint density at radius 1 is 1.27 bits per heavy atom. The number of anilines is 2. The van der Waals surface area contributed by atoms with Crippen molar-refractivity contribution in [1.82, 2.24) is 19.9 Å². The van der Waals surface area contributed by atoms with Crippen molar-refractivity contribution in [2.75, 3.05) is 39.2 Å². The molecule has 9 heteroatoms. The van der Waals surface area contributed by atoms with Crippen molar-refractivity contribution < 1.29 is 14.6 Å². The van der Waals surface area contributed by atoms with Gasteiger partial charge >= 0.3 is 0 Å². The number of rotatable bonds is 10. The molecule has 2 aromatic carbocycles. The summed E-state index contributed by atoms with van der Waals surface area (Å²) in [5.41, 5.74) is 2.40. The maximum atomic E-state index is 10.3. The number of likely N-dealkylation sites (N-methyl/N-ethyl adjacent to an activating group) is 1. The summed E-state index contributed by atoms with van der Waals surface area (Å²) in [4.78, 5) is 14.0. The maximum Gasteiger partial charge on any atom is 0.163 e. The molecule has 172 valence electrons. The van der Waals surface area contributed by atoms with E-state index in [4.69, 9.17) is 21.1 Å². The SMILES string of the molecule is C=CCN(C)CC(O)COc1cc2ncnc(Nc3cccc4c(Cl)c[nH]c34)c2cc1OC. The molecule has 0 bridgehead atoms. The van der Waals surface area contributed by atoms with E-state index in [1.807, 2.05) is 36.2 Å². The Hall–Kier alpha value is -3.33. The molecule has 0 aliphatic carbocycles. The van der Waals surface area contributed by atoms with Gasteiger partial charge in [-0.3, -0.25) is 0 Å². The zero-order valence-electron chi connectivity index (χ0n) is 18.5. The molecule has 0 aliphatic rings. The van der Waals surface area contributed by atoms with Gasteiger partial charge in [-0.15, -0.1) is 6.58 Å². The molecule has 0 radical (unpaired) electrons. The van der Waals surface area contributed by atoms with Gasteiger partial charge in [-0.1, -0.05) is 29.8 Å². The van der Waals surface area contributed by atoms with Crippen LogP contribution in [0.2, 0.25) is 5.02 Å². The highest BCUT2D eigenvalue weighted by atomic mass is 35.5. The minimum absolute atomic E-state index is 0.120. The number of aromatic nitrogens is 3. The molecule has 8 nitrogen and oxygen atoms in total. The molecular formula is C24H26ClN5O3. The summed E-state index contributed by atoms with van der Waals surface area (Å²) in [6, 6.07) is 9.44. The molecule has 2 heterocycles. The normalized spacial score (nSPS) is 12.3. The van der Waals surface area contributed by atoms with Crippen LogP contribution in [-0.2, 0) is 0 Å². The van der Waals surface area contributed by atoms with Gasteiger partial charge in [0.15, 0.2) is 11.5 Å². The van der Waals surface area contributed by atoms with Crippen molar-refractivity contribution >= 4 is 44.9 Å². The number of aromatic amines is 1. The van der Waals surface area contributed by atoms with Crippen LogP contribution in [0.4, 0.5) is 11.5 Å². The number of methoxy groups -OCH3 is 1. The van der Waals surface area contributed by atoms with Crippen molar-refractivity contribution in [2.45, 2.75) is 6.10 Å². The zero-order valence-corrected chi connectivity index (χ0v) is 19.3. The fourth-order valence-corrected chi connectivity index (χ4v) is 3.89. The Labute approximate surface area is 196 Å². The van der Waals surface area contributed by atoms with E-state index in [9.17, 15) is 5.11 Å². The second-order valence-corrected chi connectivity index (χ2v) is 8.11. The predicted molar refractivity (Wildman–Crippen MR) is 132 cm³/mol. The molecule has 4 aromatic rings. The average molecular weight is 468 g/mol. The van der Waals surface area contributed by atoms with Gasteiger partial charge in [-0.2, -0.15) is 0 Å². The molecule has 0 spiro atoms. The number of hydrogen-bond donors (Lipinski definition) is 3. The Balaban J connectivity index is 1.60. The number of benzene rings is 2. The summed E-state index contributed by atoms with van der Waals surface area (Å²) in [7, 11) is 3.48. The van der Waals surface area contributed by atoms with E-state index in [1.54, 1.807) is 25.4 Å². The van der Waals surface area contributed by atoms with E-state index in [0.29, 0.717) is 40.9 Å². The molecule has 2 aromatic heterocycles. The second kappa shape index (κ2) is 10.1. The lowest BCUT2D eigenvalue weighted by Crippen LogP contribution is -2.33. The first kappa shape index (κ1) is 22.8. The van der Waals surface area contributed by atoms with Gasteiger partial charge in [0, 0.05) is 36.1 Å². The molecule has 0 amide bonds. The number of hydrogen-bond acceptors (Lipinski definition) is 7. The molecular weight excluding hydrogens is 442 g/mol. The number of halogens is 1. The lowest BCUT2D eigenvalue weighted by atomic mass is 10.2. The predicted octanol–water partition coefficient (Wildman–Crippen LogP) is 4.37. The van der Waals surface area contributed by atoms with Crippen molar-refractivity contribution in [1.29, 1.82) is 0 Å². The first-order valence-electron chi connectivity index (χ1n) is 10.5. The van der Waals surface area contributed by atoms with Crippen LogP contribution in [-0.4, -0.2) is 64.9 Å². The van der Waals surface area contributed by atoms with Gasteiger partial charge in [0.25, 0.3) is 0 Å². The van der Waals surface area contributed by atoms with E-state index >= 15 is 0 Å². The van der Waals surface area contributed by atoms with E-state index in [0.717, 1.165) is 22.0 Å². The summed E-state index contributed by atoms with van der Waals surface area (Å²) in [6.07, 6.45) is 4.37. The van der Waals surface area contributed by atoms with Crippen LogP contribution in [0.25, 0.3) is 21.8 Å². The quantitative estimate of drug-likeness (QED) is 0.298. The highest BCUT2D eigenvalue weighted by Gasteiger charge is 2.15. The zero-order chi connectivity index (χ0) is 23.4. The van der Waals surface area contributed by atoms with Crippen LogP contribution >= 0.6 is 11.6 Å². The van der Waals surface area contributed by atoms with Gasteiger partial charge in [-0.25, -0.2) is 9.97 Å². The standard InChI is InChI=1S/C24H26ClN5O3/c1-4-8-30(2)12-15(31)13-33-22-10-20-17(9-21(22)32-3)24(28-14-27-20)29-19-7-5-6-16-18(25)11-26-23(16)19/h4-7,9-11,14-15,26,31H,1,8,12-13H2,2-3H3,(H,27,28,29). The smallest absolute Gasteiger partial charge is 0.163 e. The summed E-state index contributed by atoms with van der Waals surface area (Å²) in [6.45, 7) is 4.98. The fourth-order valence-electron chi connectivity index (χ4n) is 3.68. The fraction of sp³-hybridized carbons (Fsp3) is 0.250. The highest BCUT2D eigenvalue weighted by molar-refractivity contribution is 6.36. The van der Waals surface area contributed by atoms with Crippen molar-refractivity contribution in [3.8, 4) is 11.5 Å². The molecule has 3 N–H and O–H groups in total. The van der Waals surface area contributed by atoms with E-state index in [-0.39, 0.29) is 6.61 Å². The Morgan fingerprint density at radius 3 is 2.91 bits per heavy atom. The van der Waals surface area contributed by atoms with Crippen LogP contribution in [0.5, 0.6) is 11.5 Å². The number of H-pyrrole nitrogens is 1. The van der Waals surface area contributed by atoms with Gasteiger partial charge < -0.3 is 29.8 Å². The molecule has 4 rings (SSSR count). The molecule has 1 unspecified atom stereocenters. The Kier molecular flexibility index (Phi) is 6.98. The van der Waals surface area contributed by atoms with E-state index in [2.05, 4.69) is 26.8 Å². The lowest BCUT2D eigenvalue weighted by molar-refractivity contribution is 0.0784. The lowest BCUT2D eigenvalue weighted by Gasteiger charge is -2.20. The van der Waals surface area contributed by atoms with Crippen molar-refractivity contribution in [3.05, 3.63) is 60.5 Å². The van der Waals surface area contributed by atoms with Crippen LogP contribution in [0.1, 0.15) is 0 Å². The largest absolute Gasteiger partial charge is 0.493 e. The number of fused-ring (bicyclic) bond motifs is 2. The first-order chi connectivity index (χ1) is 16.0. The van der Waals surface area contributed by atoms with Crippen LogP contribution < -0.4 is 14.8 Å². The molecule has 33 heavy (non-hydrogen) atoms. The van der Waals surface area contributed by atoms with Gasteiger partial charge in [-0.05, 0) is 19.2 Å². The number of aliphatic hydroxyl groups is 1. The number of para-hydroxylation sites is 1. The van der Waals surface area contributed by atoms with Gasteiger partial charge in [0.05, 0.1) is 28.9 Å². The molecule has 1 atom stereocenters. The number of nitrogens with zero attached hydrogens (tertiary/aromatic N) is 3. The van der Waals surface area contributed by atoms with Gasteiger partial charge in [0.2, 0.25) is 0 Å². The first-order valence-corrected chi connectivity index (χ1v) is 10.8. The van der Waals surface area contributed by atoms with Crippen molar-refractivity contribution in [2.24, 2.45) is 0 Å². The molecule has 0 aliphatic heterocycles. The van der Waals surface area contributed by atoms with E-state index < -0.39 is 6.10 Å². The Bertz CT molecular complexity index is 1280. The summed E-state index contributed by atoms with van der Waals surface area (Å²) in [5.74, 6) is 1.64. The summed E-state index contributed by atoms with van der Waals surface area (Å²) in [5, 5.41) is 16.0. The molecule has 0 fully saturated rings. The van der Waals surface area contributed by atoms with Crippen molar-refractivity contribution in [3.63, 3.8) is 0 Å². The van der Waals surface area contributed by atoms with Crippen LogP contribution in [0.15, 0.2) is 55.5 Å². The van der Waals surface area contributed by atoms with Gasteiger partial charge in [0.1, 0.15) is 24.9 Å². The highest BCUT2D eigenvalue weighted by Crippen LogP contribution is 2.36. The average Bonchev–Trinajstić information content (AvgIpc) is 3.19. The number of aliphatic hydroxyl groups excluding tert-OH is 1. The monoisotopic (exact) mass is 467 g/mol. The third-order valence-corrected chi connectivity index (χ3v) is 5.55. The topological polar surface area (TPSA) is 95.5 Å². The molecule has 0 saturated heterocycles. The molecule has 0 saturated carbocycles. The minimum atomic E-state index is -0.661. The minimum Gasteiger partial charge on any atom is -0.493 e.